The van der Waals surface area contributed by atoms with Crippen LogP contribution in [0.3, 0.4) is 0 Å². The Labute approximate surface area is 87.0 Å². The standard InChI is InChI=1S/C9H12N6/c10-8(11)7-3-1-2-6(4-7)5-14-15-9(12)13/h1-5H,(H3,10,11)(H4,12,13,15)/b14-5+. The predicted octanol–water partition coefficient (Wildman–Crippen LogP) is -0.422. The van der Waals surface area contributed by atoms with Crippen LogP contribution in [0.5, 0.6) is 0 Å². The van der Waals surface area contributed by atoms with E-state index in [1.165, 1.54) is 6.21 Å². The molecule has 1 rings (SSSR count). The SMILES string of the molecule is N=C(N)c1cccc(/C=N/N=C(N)N)c1. The predicted molar refractivity (Wildman–Crippen MR) is 60.9 cm³/mol. The minimum atomic E-state index is -0.103. The zero-order valence-corrected chi connectivity index (χ0v) is 8.01. The molecule has 0 aliphatic heterocycles. The third-order valence-corrected chi connectivity index (χ3v) is 1.58. The van der Waals surface area contributed by atoms with Crippen molar-refractivity contribution in [3.8, 4) is 0 Å². The molecule has 0 saturated heterocycles. The molecule has 0 spiro atoms. The quantitative estimate of drug-likeness (QED) is 0.303. The maximum atomic E-state index is 7.24. The molecule has 0 aromatic heterocycles. The van der Waals surface area contributed by atoms with Crippen LogP contribution in [0, 0.1) is 5.41 Å². The number of nitrogens with two attached hydrogens (primary N) is 3. The summed E-state index contributed by atoms with van der Waals surface area (Å²) in [5.41, 5.74) is 16.9. The summed E-state index contributed by atoms with van der Waals surface area (Å²) in [7, 11) is 0. The Morgan fingerprint density at radius 2 is 2.00 bits per heavy atom. The van der Waals surface area contributed by atoms with E-state index in [0.717, 1.165) is 5.56 Å². The Morgan fingerprint density at radius 3 is 2.60 bits per heavy atom. The summed E-state index contributed by atoms with van der Waals surface area (Å²) < 4.78 is 0. The number of guanidine groups is 1. The number of hydrogen-bond acceptors (Lipinski definition) is 3. The van der Waals surface area contributed by atoms with Crippen LogP contribution in [-0.4, -0.2) is 18.0 Å². The first-order valence-corrected chi connectivity index (χ1v) is 4.16. The van der Waals surface area contributed by atoms with E-state index in [9.17, 15) is 0 Å². The van der Waals surface area contributed by atoms with Gasteiger partial charge in [-0.2, -0.15) is 5.10 Å². The normalized spacial score (nSPS) is 10.1. The van der Waals surface area contributed by atoms with E-state index in [1.54, 1.807) is 24.3 Å². The Morgan fingerprint density at radius 1 is 1.27 bits per heavy atom. The van der Waals surface area contributed by atoms with Crippen LogP contribution in [0.4, 0.5) is 0 Å². The van der Waals surface area contributed by atoms with Crippen LogP contribution in [-0.2, 0) is 0 Å². The van der Waals surface area contributed by atoms with Crippen LogP contribution in [0.15, 0.2) is 34.5 Å². The van der Waals surface area contributed by atoms with Gasteiger partial charge in [0.2, 0.25) is 5.96 Å². The highest BCUT2D eigenvalue weighted by Crippen LogP contribution is 2.02. The molecule has 7 N–H and O–H groups in total. The lowest BCUT2D eigenvalue weighted by molar-refractivity contribution is 1.21. The maximum Gasteiger partial charge on any atom is 0.211 e. The summed E-state index contributed by atoms with van der Waals surface area (Å²) in [5, 5.41) is 14.3. The van der Waals surface area contributed by atoms with Gasteiger partial charge in [-0.25, -0.2) is 0 Å². The Bertz CT molecular complexity index is 416. The molecule has 6 heteroatoms. The second kappa shape index (κ2) is 4.75. The highest BCUT2D eigenvalue weighted by atomic mass is 15.3. The molecular weight excluding hydrogens is 192 g/mol. The molecule has 0 radical (unpaired) electrons. The third kappa shape index (κ3) is 3.47. The van der Waals surface area contributed by atoms with Crippen LogP contribution in [0.1, 0.15) is 11.1 Å². The zero-order valence-electron chi connectivity index (χ0n) is 8.01. The fraction of sp³-hybridized carbons (Fsp3) is 0. The van der Waals surface area contributed by atoms with Crippen molar-refractivity contribution in [2.45, 2.75) is 0 Å². The highest BCUT2D eigenvalue weighted by molar-refractivity contribution is 5.96. The lowest BCUT2D eigenvalue weighted by atomic mass is 10.1. The van der Waals surface area contributed by atoms with Crippen molar-refractivity contribution in [2.24, 2.45) is 27.4 Å². The van der Waals surface area contributed by atoms with Crippen LogP contribution in [0.2, 0.25) is 0 Å². The fourth-order valence-electron chi connectivity index (χ4n) is 0.949. The Balaban J connectivity index is 2.87. The first-order chi connectivity index (χ1) is 7.09. The van der Waals surface area contributed by atoms with Crippen molar-refractivity contribution in [3.63, 3.8) is 0 Å². The van der Waals surface area contributed by atoms with Gasteiger partial charge >= 0.3 is 0 Å². The van der Waals surface area contributed by atoms with E-state index in [4.69, 9.17) is 22.6 Å². The summed E-state index contributed by atoms with van der Waals surface area (Å²) in [6, 6.07) is 7.03. The van der Waals surface area contributed by atoms with Gasteiger partial charge in [-0.3, -0.25) is 5.41 Å². The molecule has 1 aromatic rings. The van der Waals surface area contributed by atoms with Gasteiger partial charge in [-0.05, 0) is 11.6 Å². The average Bonchev–Trinajstić information content (AvgIpc) is 2.17. The van der Waals surface area contributed by atoms with Crippen molar-refractivity contribution < 1.29 is 0 Å². The Hall–Kier alpha value is -2.37. The van der Waals surface area contributed by atoms with Crippen molar-refractivity contribution in [1.29, 1.82) is 5.41 Å². The molecule has 1 aromatic carbocycles. The van der Waals surface area contributed by atoms with Gasteiger partial charge in [-0.15, -0.1) is 5.10 Å². The van der Waals surface area contributed by atoms with Crippen molar-refractivity contribution in [1.82, 2.24) is 0 Å². The first-order valence-electron chi connectivity index (χ1n) is 4.16. The molecule has 78 valence electrons. The minimum Gasteiger partial charge on any atom is -0.384 e. The van der Waals surface area contributed by atoms with Gasteiger partial charge in [0, 0.05) is 5.56 Å². The van der Waals surface area contributed by atoms with Gasteiger partial charge in [0.05, 0.1) is 6.21 Å². The summed E-state index contributed by atoms with van der Waals surface area (Å²) >= 11 is 0. The summed E-state index contributed by atoms with van der Waals surface area (Å²) in [5.74, 6) is -0.0962. The second-order valence-corrected chi connectivity index (χ2v) is 2.81. The van der Waals surface area contributed by atoms with E-state index in [2.05, 4.69) is 10.2 Å². The largest absolute Gasteiger partial charge is 0.384 e. The number of nitrogen functional groups attached to an aromatic ring is 1. The maximum absolute atomic E-state index is 7.24. The van der Waals surface area contributed by atoms with Crippen molar-refractivity contribution in [3.05, 3.63) is 35.4 Å². The summed E-state index contributed by atoms with van der Waals surface area (Å²) in [6.45, 7) is 0. The van der Waals surface area contributed by atoms with E-state index in [0.29, 0.717) is 5.56 Å². The number of nitrogens with zero attached hydrogens (tertiary/aromatic N) is 2. The molecule has 6 nitrogen and oxygen atoms in total. The van der Waals surface area contributed by atoms with E-state index < -0.39 is 0 Å². The third-order valence-electron chi connectivity index (χ3n) is 1.58. The molecule has 0 fully saturated rings. The van der Waals surface area contributed by atoms with Gasteiger partial charge in [0.25, 0.3) is 0 Å². The van der Waals surface area contributed by atoms with Gasteiger partial charge in [-0.1, -0.05) is 18.2 Å². The molecule has 0 aliphatic carbocycles. The summed E-state index contributed by atoms with van der Waals surface area (Å²) in [6.07, 6.45) is 1.48. The number of hydrogen-bond donors (Lipinski definition) is 4. The van der Waals surface area contributed by atoms with E-state index >= 15 is 0 Å². The topological polar surface area (TPSA) is 127 Å². The monoisotopic (exact) mass is 204 g/mol. The molecule has 0 amide bonds. The number of rotatable bonds is 3. The smallest absolute Gasteiger partial charge is 0.211 e. The van der Waals surface area contributed by atoms with Crippen LogP contribution in [0.25, 0.3) is 0 Å². The molecule has 0 unspecified atom stereocenters. The molecule has 0 atom stereocenters. The summed E-state index contributed by atoms with van der Waals surface area (Å²) in [4.78, 5) is 0. The van der Waals surface area contributed by atoms with Gasteiger partial charge in [0.1, 0.15) is 5.84 Å². The van der Waals surface area contributed by atoms with Crippen molar-refractivity contribution in [2.75, 3.05) is 0 Å². The zero-order chi connectivity index (χ0) is 11.3. The van der Waals surface area contributed by atoms with Crippen LogP contribution >= 0.6 is 0 Å². The minimum absolute atomic E-state index is 0.00656. The first kappa shape index (κ1) is 10.7. The lowest BCUT2D eigenvalue weighted by Crippen LogP contribution is -2.21. The molecule has 0 aliphatic rings. The van der Waals surface area contributed by atoms with Crippen LogP contribution < -0.4 is 17.2 Å². The Kier molecular flexibility index (Phi) is 3.39. The molecule has 0 heterocycles. The van der Waals surface area contributed by atoms with E-state index in [1.807, 2.05) is 0 Å². The van der Waals surface area contributed by atoms with Gasteiger partial charge < -0.3 is 17.2 Å². The van der Waals surface area contributed by atoms with Gasteiger partial charge in [0.15, 0.2) is 0 Å². The lowest BCUT2D eigenvalue weighted by Gasteiger charge is -1.98. The number of nitrogens with one attached hydrogen (secondary N) is 1. The van der Waals surface area contributed by atoms with Crippen molar-refractivity contribution >= 4 is 18.0 Å². The number of benzene rings is 1. The fourth-order valence-corrected chi connectivity index (χ4v) is 0.949. The molecule has 0 saturated carbocycles. The molecular formula is C9H12N6. The number of amidine groups is 1. The average molecular weight is 204 g/mol. The highest BCUT2D eigenvalue weighted by Gasteiger charge is 1.95. The molecule has 15 heavy (non-hydrogen) atoms. The molecule has 0 bridgehead atoms. The second-order valence-electron chi connectivity index (χ2n) is 2.81. The van der Waals surface area contributed by atoms with E-state index in [-0.39, 0.29) is 11.8 Å².